The third-order valence-corrected chi connectivity index (χ3v) is 3.10. The molecule has 0 radical (unpaired) electrons. The van der Waals surface area contributed by atoms with Crippen molar-refractivity contribution in [3.05, 3.63) is 0 Å². The number of nitrogens with two attached hydrogens (primary N) is 1. The van der Waals surface area contributed by atoms with E-state index in [2.05, 4.69) is 0 Å². The highest BCUT2D eigenvalue weighted by atomic mass is 14.8. The molecule has 2 fully saturated rings. The molecule has 0 amide bonds. The molecule has 0 aromatic carbocycles. The number of hydrogen-bond donors (Lipinski definition) is 2. The standard InChI is InChI=1S/C8H14N2/c9-7-2-1-4-8(10)5-3-6(7)8/h6,9H,1-5,10H2. The SMILES string of the molecule is N=C1CCCC2(N)CCC12. The second kappa shape index (κ2) is 1.82. The van der Waals surface area contributed by atoms with Gasteiger partial charge in [-0.1, -0.05) is 0 Å². The Hall–Kier alpha value is -0.370. The van der Waals surface area contributed by atoms with Gasteiger partial charge < -0.3 is 11.1 Å². The maximum atomic E-state index is 7.62. The first-order valence-electron chi connectivity index (χ1n) is 4.08. The summed E-state index contributed by atoms with van der Waals surface area (Å²) in [5.74, 6) is 0.459. The Morgan fingerprint density at radius 3 is 2.70 bits per heavy atom. The normalized spacial score (nSPS) is 46.1. The van der Waals surface area contributed by atoms with E-state index in [0.717, 1.165) is 31.4 Å². The number of rotatable bonds is 0. The molecule has 2 nitrogen and oxygen atoms in total. The van der Waals surface area contributed by atoms with E-state index in [9.17, 15) is 0 Å². The quantitative estimate of drug-likeness (QED) is 0.520. The molecule has 10 heavy (non-hydrogen) atoms. The Morgan fingerprint density at radius 1 is 1.50 bits per heavy atom. The topological polar surface area (TPSA) is 49.9 Å². The van der Waals surface area contributed by atoms with Crippen LogP contribution in [0.4, 0.5) is 0 Å². The average Bonchev–Trinajstić information content (AvgIpc) is 1.83. The van der Waals surface area contributed by atoms with Crippen molar-refractivity contribution in [2.24, 2.45) is 11.7 Å². The van der Waals surface area contributed by atoms with E-state index < -0.39 is 0 Å². The third kappa shape index (κ3) is 0.655. The molecule has 2 atom stereocenters. The summed E-state index contributed by atoms with van der Waals surface area (Å²) >= 11 is 0. The van der Waals surface area contributed by atoms with Crippen molar-refractivity contribution >= 4 is 5.71 Å². The molecule has 56 valence electrons. The largest absolute Gasteiger partial charge is 0.325 e. The zero-order valence-electron chi connectivity index (χ0n) is 6.19. The number of fused-ring (bicyclic) bond motifs is 1. The number of hydrogen-bond acceptors (Lipinski definition) is 2. The molecule has 2 aliphatic rings. The van der Waals surface area contributed by atoms with E-state index in [1.54, 1.807) is 0 Å². The van der Waals surface area contributed by atoms with Crippen molar-refractivity contribution < 1.29 is 0 Å². The van der Waals surface area contributed by atoms with Gasteiger partial charge in [-0.2, -0.15) is 0 Å². The molecular weight excluding hydrogens is 124 g/mol. The van der Waals surface area contributed by atoms with E-state index >= 15 is 0 Å². The summed E-state index contributed by atoms with van der Waals surface area (Å²) in [6.45, 7) is 0. The van der Waals surface area contributed by atoms with Crippen molar-refractivity contribution in [3.63, 3.8) is 0 Å². The first-order chi connectivity index (χ1) is 4.72. The predicted octanol–water partition coefficient (Wildman–Crippen LogP) is 1.30. The summed E-state index contributed by atoms with van der Waals surface area (Å²) in [5.41, 5.74) is 7.04. The van der Waals surface area contributed by atoms with Gasteiger partial charge in [-0.05, 0) is 32.1 Å². The molecule has 2 unspecified atom stereocenters. The van der Waals surface area contributed by atoms with Gasteiger partial charge in [0.05, 0.1) is 0 Å². The van der Waals surface area contributed by atoms with Crippen LogP contribution in [-0.2, 0) is 0 Å². The minimum atomic E-state index is 0.0648. The average molecular weight is 138 g/mol. The Balaban J connectivity index is 2.16. The molecule has 2 heteroatoms. The van der Waals surface area contributed by atoms with Crippen LogP contribution in [0.15, 0.2) is 0 Å². The maximum Gasteiger partial charge on any atom is 0.0235 e. The van der Waals surface area contributed by atoms with Crippen LogP contribution in [0.5, 0.6) is 0 Å². The highest BCUT2D eigenvalue weighted by molar-refractivity contribution is 5.87. The summed E-state index contributed by atoms with van der Waals surface area (Å²) in [5, 5.41) is 7.62. The van der Waals surface area contributed by atoms with Crippen LogP contribution in [0.2, 0.25) is 0 Å². The van der Waals surface area contributed by atoms with E-state index in [1.807, 2.05) is 0 Å². The number of nitrogens with one attached hydrogen (secondary N) is 1. The molecule has 2 aliphatic carbocycles. The van der Waals surface area contributed by atoms with Gasteiger partial charge in [0.1, 0.15) is 0 Å². The second-order valence-corrected chi connectivity index (χ2v) is 3.70. The van der Waals surface area contributed by atoms with Crippen molar-refractivity contribution in [3.8, 4) is 0 Å². The molecule has 0 aliphatic heterocycles. The lowest BCUT2D eigenvalue weighted by atomic mass is 9.59. The monoisotopic (exact) mass is 138 g/mol. The fourth-order valence-electron chi connectivity index (χ4n) is 2.26. The predicted molar refractivity (Wildman–Crippen MR) is 41.2 cm³/mol. The first kappa shape index (κ1) is 6.35. The minimum Gasteiger partial charge on any atom is -0.325 e. The van der Waals surface area contributed by atoms with E-state index in [4.69, 9.17) is 11.1 Å². The summed E-state index contributed by atoms with van der Waals surface area (Å²) in [4.78, 5) is 0. The highest BCUT2D eigenvalue weighted by Crippen LogP contribution is 2.44. The lowest BCUT2D eigenvalue weighted by Gasteiger charge is -2.50. The molecule has 3 N–H and O–H groups in total. The fourth-order valence-corrected chi connectivity index (χ4v) is 2.26. The van der Waals surface area contributed by atoms with Gasteiger partial charge in [-0.25, -0.2) is 0 Å². The van der Waals surface area contributed by atoms with Crippen LogP contribution in [0.25, 0.3) is 0 Å². The van der Waals surface area contributed by atoms with E-state index in [1.165, 1.54) is 6.42 Å². The van der Waals surface area contributed by atoms with Gasteiger partial charge in [-0.15, -0.1) is 0 Å². The van der Waals surface area contributed by atoms with Gasteiger partial charge in [-0.3, -0.25) is 0 Å². The summed E-state index contributed by atoms with van der Waals surface area (Å²) < 4.78 is 0. The van der Waals surface area contributed by atoms with Gasteiger partial charge in [0.15, 0.2) is 0 Å². The summed E-state index contributed by atoms with van der Waals surface area (Å²) in [6.07, 6.45) is 5.63. The van der Waals surface area contributed by atoms with Crippen molar-refractivity contribution in [2.75, 3.05) is 0 Å². The van der Waals surface area contributed by atoms with Crippen molar-refractivity contribution in [2.45, 2.75) is 37.6 Å². The molecular formula is C8H14N2. The molecule has 0 heterocycles. The van der Waals surface area contributed by atoms with E-state index in [-0.39, 0.29) is 5.54 Å². The second-order valence-electron chi connectivity index (χ2n) is 3.70. The fraction of sp³-hybridized carbons (Fsp3) is 0.875. The van der Waals surface area contributed by atoms with Crippen LogP contribution in [0.3, 0.4) is 0 Å². The molecule has 2 saturated carbocycles. The van der Waals surface area contributed by atoms with Gasteiger partial charge >= 0.3 is 0 Å². The van der Waals surface area contributed by atoms with Crippen LogP contribution in [0, 0.1) is 11.3 Å². The Kier molecular flexibility index (Phi) is 1.15. The van der Waals surface area contributed by atoms with Gasteiger partial charge in [0.2, 0.25) is 0 Å². The molecule has 0 aromatic rings. The molecule has 0 aromatic heterocycles. The molecule has 2 rings (SSSR count). The summed E-state index contributed by atoms with van der Waals surface area (Å²) in [7, 11) is 0. The van der Waals surface area contributed by atoms with Crippen LogP contribution < -0.4 is 5.73 Å². The Morgan fingerprint density at radius 2 is 2.30 bits per heavy atom. The zero-order valence-corrected chi connectivity index (χ0v) is 6.19. The smallest absolute Gasteiger partial charge is 0.0235 e. The van der Waals surface area contributed by atoms with Crippen LogP contribution >= 0.6 is 0 Å². The third-order valence-electron chi connectivity index (χ3n) is 3.10. The lowest BCUT2D eigenvalue weighted by Crippen LogP contribution is -2.59. The molecule has 0 spiro atoms. The molecule has 0 bridgehead atoms. The van der Waals surface area contributed by atoms with Gasteiger partial charge in [0, 0.05) is 17.2 Å². The van der Waals surface area contributed by atoms with Crippen molar-refractivity contribution in [1.29, 1.82) is 5.41 Å². The first-order valence-corrected chi connectivity index (χ1v) is 4.08. The zero-order chi connectivity index (χ0) is 7.19. The van der Waals surface area contributed by atoms with Gasteiger partial charge in [0.25, 0.3) is 0 Å². The maximum absolute atomic E-state index is 7.62. The highest BCUT2D eigenvalue weighted by Gasteiger charge is 2.47. The Labute approximate surface area is 61.3 Å². The molecule has 0 saturated heterocycles. The van der Waals surface area contributed by atoms with E-state index in [0.29, 0.717) is 5.92 Å². The van der Waals surface area contributed by atoms with Crippen LogP contribution in [-0.4, -0.2) is 11.3 Å². The lowest BCUT2D eigenvalue weighted by molar-refractivity contribution is 0.154. The minimum absolute atomic E-state index is 0.0648. The van der Waals surface area contributed by atoms with Crippen molar-refractivity contribution in [1.82, 2.24) is 0 Å². The Bertz CT molecular complexity index is 176. The summed E-state index contributed by atoms with van der Waals surface area (Å²) in [6, 6.07) is 0. The van der Waals surface area contributed by atoms with Crippen LogP contribution in [0.1, 0.15) is 32.1 Å².